The van der Waals surface area contributed by atoms with Crippen molar-refractivity contribution in [3.8, 4) is 0 Å². The Kier molecular flexibility index (Phi) is 8.09. The van der Waals surface area contributed by atoms with Crippen molar-refractivity contribution >= 4 is 34.5 Å². The van der Waals surface area contributed by atoms with Crippen LogP contribution in [0.4, 0.5) is 4.39 Å². The highest BCUT2D eigenvalue weighted by atomic mass is 32.2. The number of thioether (sulfide) groups is 1. The lowest BCUT2D eigenvalue weighted by Gasteiger charge is -2.18. The highest BCUT2D eigenvalue weighted by Gasteiger charge is 2.28. The number of nitrogens with one attached hydrogen (secondary N) is 1. The zero-order valence-electron chi connectivity index (χ0n) is 15.6. The average molecular weight is 417 g/mol. The average Bonchev–Trinajstić information content (AvgIpc) is 2.67. The molecule has 0 aliphatic carbocycles. The minimum Gasteiger partial charge on any atom is -0.480 e. The molecule has 2 N–H and O–H groups in total. The lowest BCUT2D eigenvalue weighted by molar-refractivity contribution is -0.141. The topological polar surface area (TPSA) is 101 Å². The molecule has 0 saturated carbocycles. The van der Waals surface area contributed by atoms with Crippen LogP contribution in [-0.2, 0) is 20.8 Å². The van der Waals surface area contributed by atoms with Crippen LogP contribution in [0.5, 0.6) is 0 Å². The molecular weight excluding hydrogens is 397 g/mol. The van der Waals surface area contributed by atoms with Crippen LogP contribution in [0.25, 0.3) is 0 Å². The fourth-order valence-corrected chi connectivity index (χ4v) is 3.54. The third kappa shape index (κ3) is 7.15. The first kappa shape index (κ1) is 22.3. The Hall–Kier alpha value is -3.00. The second-order valence-corrected chi connectivity index (χ2v) is 7.70. The second-order valence-electron chi connectivity index (χ2n) is 6.32. The summed E-state index contributed by atoms with van der Waals surface area (Å²) < 4.78 is 13.1. The van der Waals surface area contributed by atoms with Crippen LogP contribution in [0.3, 0.4) is 0 Å². The Balaban J connectivity index is 2.09. The van der Waals surface area contributed by atoms with Gasteiger partial charge < -0.3 is 10.4 Å². The van der Waals surface area contributed by atoms with Gasteiger partial charge in [-0.3, -0.25) is 14.4 Å². The molecule has 0 radical (unpaired) electrons. The summed E-state index contributed by atoms with van der Waals surface area (Å²) in [5, 5.41) is 10.4. The van der Waals surface area contributed by atoms with Crippen LogP contribution >= 0.6 is 11.8 Å². The minimum atomic E-state index is -1.21. The molecule has 8 heteroatoms. The lowest BCUT2D eigenvalue weighted by Crippen LogP contribution is -2.43. The maximum Gasteiger partial charge on any atom is 0.326 e. The summed E-state index contributed by atoms with van der Waals surface area (Å²) in [4.78, 5) is 48.1. The smallest absolute Gasteiger partial charge is 0.326 e. The van der Waals surface area contributed by atoms with Gasteiger partial charge in [0.25, 0.3) is 0 Å². The quantitative estimate of drug-likeness (QED) is 0.609. The molecule has 2 aromatic rings. The van der Waals surface area contributed by atoms with Crippen molar-refractivity contribution in [3.63, 3.8) is 0 Å². The third-order valence-corrected chi connectivity index (χ3v) is 5.01. The van der Waals surface area contributed by atoms with E-state index in [4.69, 9.17) is 0 Å². The number of hydrogen-bond donors (Lipinski definition) is 2. The zero-order chi connectivity index (χ0) is 21.4. The molecule has 0 aliphatic rings. The van der Waals surface area contributed by atoms with Crippen molar-refractivity contribution in [1.82, 2.24) is 5.32 Å². The van der Waals surface area contributed by atoms with Crippen molar-refractivity contribution in [2.45, 2.75) is 31.1 Å². The summed E-state index contributed by atoms with van der Waals surface area (Å²) in [6.45, 7) is 1.27. The van der Waals surface area contributed by atoms with Crippen LogP contribution in [0.15, 0.2) is 54.6 Å². The van der Waals surface area contributed by atoms with Crippen LogP contribution in [0, 0.1) is 5.82 Å². The van der Waals surface area contributed by atoms with E-state index in [2.05, 4.69) is 5.32 Å². The van der Waals surface area contributed by atoms with Gasteiger partial charge in [-0.2, -0.15) is 0 Å². The molecule has 1 amide bonds. The summed E-state index contributed by atoms with van der Waals surface area (Å²) in [7, 11) is 0. The van der Waals surface area contributed by atoms with Crippen LogP contribution in [-0.4, -0.2) is 39.2 Å². The maximum atomic E-state index is 13.1. The monoisotopic (exact) mass is 417 g/mol. The van der Waals surface area contributed by atoms with Gasteiger partial charge in [-0.05, 0) is 29.8 Å². The molecule has 0 spiro atoms. The predicted molar refractivity (Wildman–Crippen MR) is 107 cm³/mol. The van der Waals surface area contributed by atoms with Crippen molar-refractivity contribution < 1.29 is 28.7 Å². The highest BCUT2D eigenvalue weighted by Crippen LogP contribution is 2.21. The molecule has 0 heterocycles. The first-order chi connectivity index (χ1) is 13.8. The van der Waals surface area contributed by atoms with Crippen molar-refractivity contribution in [2.75, 3.05) is 0 Å². The molecule has 152 valence electrons. The maximum absolute atomic E-state index is 13.1. The number of hydrogen-bond acceptors (Lipinski definition) is 5. The number of carboxylic acid groups (broad SMARTS) is 1. The Morgan fingerprint density at radius 2 is 1.66 bits per heavy atom. The number of amides is 1. The molecule has 0 bridgehead atoms. The Labute approximate surface area is 171 Å². The number of carboxylic acids is 1. The van der Waals surface area contributed by atoms with Gasteiger partial charge in [0.1, 0.15) is 11.9 Å². The number of aliphatic carboxylic acids is 1. The highest BCUT2D eigenvalue weighted by molar-refractivity contribution is 8.14. The molecule has 2 aromatic carbocycles. The van der Waals surface area contributed by atoms with E-state index in [1.807, 2.05) is 0 Å². The number of ketones is 1. The molecular formula is C21H20FNO5S. The van der Waals surface area contributed by atoms with Gasteiger partial charge in [-0.15, -0.1) is 0 Å². The predicted octanol–water partition coefficient (Wildman–Crippen LogP) is 2.86. The van der Waals surface area contributed by atoms with Gasteiger partial charge in [0.2, 0.25) is 5.91 Å². The van der Waals surface area contributed by atoms with Crippen LogP contribution in [0.2, 0.25) is 0 Å². The molecule has 2 atom stereocenters. The van der Waals surface area contributed by atoms with Crippen LogP contribution < -0.4 is 5.32 Å². The summed E-state index contributed by atoms with van der Waals surface area (Å²) in [5.74, 6) is -2.89. The van der Waals surface area contributed by atoms with E-state index in [0.29, 0.717) is 11.8 Å². The van der Waals surface area contributed by atoms with Crippen molar-refractivity contribution in [2.24, 2.45) is 0 Å². The number of halogens is 1. The van der Waals surface area contributed by atoms with Gasteiger partial charge in [0.15, 0.2) is 10.9 Å². The number of rotatable bonds is 9. The molecule has 2 rings (SSSR count). The van der Waals surface area contributed by atoms with Gasteiger partial charge in [-0.1, -0.05) is 42.1 Å². The van der Waals surface area contributed by atoms with E-state index in [9.17, 15) is 28.7 Å². The van der Waals surface area contributed by atoms with E-state index in [1.165, 1.54) is 19.1 Å². The molecule has 0 fully saturated rings. The Bertz CT molecular complexity index is 886. The standard InChI is InChI=1S/C21H20FNO5S/c1-13(24)29-18(20(26)15-7-9-16(22)10-8-15)12-19(25)23-17(21(27)28)11-14-5-3-2-4-6-14/h2-10,17-18H,11-12H2,1H3,(H,23,25)(H,27,28)/t17-,18?/m0/s1. The van der Waals surface area contributed by atoms with Crippen molar-refractivity contribution in [3.05, 3.63) is 71.5 Å². The Morgan fingerprint density at radius 1 is 1.03 bits per heavy atom. The van der Waals surface area contributed by atoms with Gasteiger partial charge >= 0.3 is 5.97 Å². The van der Waals surface area contributed by atoms with E-state index in [0.717, 1.165) is 17.7 Å². The van der Waals surface area contributed by atoms with Gasteiger partial charge in [-0.25, -0.2) is 9.18 Å². The number of carbonyl (C=O) groups is 4. The second kappa shape index (κ2) is 10.5. The van der Waals surface area contributed by atoms with Gasteiger partial charge in [0, 0.05) is 25.3 Å². The fourth-order valence-electron chi connectivity index (χ4n) is 2.66. The van der Waals surface area contributed by atoms with E-state index >= 15 is 0 Å². The zero-order valence-corrected chi connectivity index (χ0v) is 16.4. The molecule has 0 aliphatic heterocycles. The largest absolute Gasteiger partial charge is 0.480 e. The number of carbonyl (C=O) groups excluding carboxylic acids is 3. The normalized spacial score (nSPS) is 12.6. The summed E-state index contributed by atoms with van der Waals surface area (Å²) in [6, 6.07) is 12.4. The third-order valence-electron chi connectivity index (χ3n) is 4.02. The molecule has 1 unspecified atom stereocenters. The van der Waals surface area contributed by atoms with Crippen LogP contribution in [0.1, 0.15) is 29.3 Å². The molecule has 6 nitrogen and oxygen atoms in total. The van der Waals surface area contributed by atoms with E-state index in [-0.39, 0.29) is 23.5 Å². The lowest BCUT2D eigenvalue weighted by atomic mass is 10.0. The van der Waals surface area contributed by atoms with E-state index < -0.39 is 34.8 Å². The Morgan fingerprint density at radius 3 is 2.21 bits per heavy atom. The van der Waals surface area contributed by atoms with Gasteiger partial charge in [0.05, 0.1) is 5.25 Å². The number of Topliss-reactive ketones (excluding diaryl/α,β-unsaturated/α-hetero) is 1. The fraction of sp³-hybridized carbons (Fsp3) is 0.238. The van der Waals surface area contributed by atoms with Crippen molar-refractivity contribution in [1.29, 1.82) is 0 Å². The van der Waals surface area contributed by atoms with E-state index in [1.54, 1.807) is 30.3 Å². The first-order valence-electron chi connectivity index (χ1n) is 8.79. The summed E-state index contributed by atoms with van der Waals surface area (Å²) in [5.41, 5.74) is 0.897. The SMILES string of the molecule is CC(=O)SC(CC(=O)N[C@@H](Cc1ccccc1)C(=O)O)C(=O)c1ccc(F)cc1. The molecule has 0 aromatic heterocycles. The first-order valence-corrected chi connectivity index (χ1v) is 9.67. The summed E-state index contributed by atoms with van der Waals surface area (Å²) in [6.07, 6.45) is -0.294. The minimum absolute atomic E-state index is 0.0817. The molecule has 29 heavy (non-hydrogen) atoms. The molecule has 0 saturated heterocycles. The number of benzene rings is 2. The summed E-state index contributed by atoms with van der Waals surface area (Å²) >= 11 is 0.684.